The molecule has 3 aromatic rings. The second-order valence-electron chi connectivity index (χ2n) is 3.95. The molecule has 0 bridgehead atoms. The van der Waals surface area contributed by atoms with Crippen LogP contribution < -0.4 is 0 Å². The smallest absolute Gasteiger partial charge is 0.157 e. The van der Waals surface area contributed by atoms with Crippen molar-refractivity contribution < 1.29 is 4.39 Å². The van der Waals surface area contributed by atoms with Gasteiger partial charge in [0.2, 0.25) is 0 Å². The number of nitrogens with zero attached hydrogens (tertiary/aromatic N) is 3. The highest BCUT2D eigenvalue weighted by atomic mass is 19.1. The van der Waals surface area contributed by atoms with Crippen LogP contribution in [0.15, 0.2) is 42.9 Å². The summed E-state index contributed by atoms with van der Waals surface area (Å²) in [7, 11) is 0. The molecule has 17 heavy (non-hydrogen) atoms. The van der Waals surface area contributed by atoms with E-state index in [1.54, 1.807) is 29.0 Å². The summed E-state index contributed by atoms with van der Waals surface area (Å²) in [5.41, 5.74) is 3.72. The lowest BCUT2D eigenvalue weighted by Crippen LogP contribution is -1.91. The highest BCUT2D eigenvalue weighted by molar-refractivity contribution is 5.63. The van der Waals surface area contributed by atoms with E-state index in [9.17, 15) is 4.39 Å². The van der Waals surface area contributed by atoms with Crippen molar-refractivity contribution in [1.82, 2.24) is 14.6 Å². The summed E-state index contributed by atoms with van der Waals surface area (Å²) in [6.45, 7) is 1.97. The number of hydrogen-bond donors (Lipinski definition) is 0. The molecule has 4 heteroatoms. The zero-order valence-corrected chi connectivity index (χ0v) is 9.26. The third kappa shape index (κ3) is 1.67. The van der Waals surface area contributed by atoms with Gasteiger partial charge in [-0.2, -0.15) is 5.10 Å². The molecule has 84 valence electrons. The minimum atomic E-state index is -0.238. The normalized spacial score (nSPS) is 10.9. The standard InChI is InChI=1S/C13H10FN3/c1-9-6-16-17-8-11(7-15-13(9)17)10-2-4-12(14)5-3-10/h2-8H,1H3. The van der Waals surface area contributed by atoms with Gasteiger partial charge in [0.15, 0.2) is 5.65 Å². The maximum absolute atomic E-state index is 12.8. The zero-order valence-electron chi connectivity index (χ0n) is 9.26. The zero-order chi connectivity index (χ0) is 11.8. The first-order valence-electron chi connectivity index (χ1n) is 5.30. The summed E-state index contributed by atoms with van der Waals surface area (Å²) in [4.78, 5) is 4.35. The Bertz CT molecular complexity index is 671. The molecule has 3 nitrogen and oxygen atoms in total. The summed E-state index contributed by atoms with van der Waals surface area (Å²) in [5, 5.41) is 4.20. The van der Waals surface area contributed by atoms with Crippen molar-refractivity contribution in [1.29, 1.82) is 0 Å². The minimum Gasteiger partial charge on any atom is -0.236 e. The van der Waals surface area contributed by atoms with Crippen LogP contribution in [0.4, 0.5) is 4.39 Å². The second-order valence-corrected chi connectivity index (χ2v) is 3.95. The number of aromatic nitrogens is 3. The van der Waals surface area contributed by atoms with Gasteiger partial charge in [0.1, 0.15) is 5.82 Å². The van der Waals surface area contributed by atoms with Gasteiger partial charge in [-0.15, -0.1) is 0 Å². The first-order chi connectivity index (χ1) is 8.24. The molecule has 0 aliphatic rings. The molecular weight excluding hydrogens is 217 g/mol. The van der Waals surface area contributed by atoms with Gasteiger partial charge in [-0.1, -0.05) is 12.1 Å². The first kappa shape index (κ1) is 9.96. The number of hydrogen-bond acceptors (Lipinski definition) is 2. The molecular formula is C13H10FN3. The topological polar surface area (TPSA) is 30.2 Å². The van der Waals surface area contributed by atoms with Crippen LogP contribution in [-0.4, -0.2) is 14.6 Å². The van der Waals surface area contributed by atoms with E-state index in [4.69, 9.17) is 0 Å². The lowest BCUT2D eigenvalue weighted by Gasteiger charge is -2.02. The predicted octanol–water partition coefficient (Wildman–Crippen LogP) is 2.84. The molecule has 3 rings (SSSR count). The number of rotatable bonds is 1. The third-order valence-corrected chi connectivity index (χ3v) is 2.71. The fourth-order valence-electron chi connectivity index (χ4n) is 1.78. The van der Waals surface area contributed by atoms with E-state index >= 15 is 0 Å². The van der Waals surface area contributed by atoms with E-state index in [0.717, 1.165) is 22.3 Å². The predicted molar refractivity (Wildman–Crippen MR) is 63.1 cm³/mol. The van der Waals surface area contributed by atoms with Crippen molar-refractivity contribution in [2.24, 2.45) is 0 Å². The molecule has 2 heterocycles. The van der Waals surface area contributed by atoms with Crippen molar-refractivity contribution in [2.45, 2.75) is 6.92 Å². The Labute approximate surface area is 97.5 Å². The van der Waals surface area contributed by atoms with Crippen LogP contribution in [0.25, 0.3) is 16.8 Å². The highest BCUT2D eigenvalue weighted by Crippen LogP contribution is 2.19. The molecule has 0 saturated carbocycles. The van der Waals surface area contributed by atoms with E-state index in [1.165, 1.54) is 12.1 Å². The van der Waals surface area contributed by atoms with E-state index in [2.05, 4.69) is 10.1 Å². The van der Waals surface area contributed by atoms with Crippen LogP contribution in [0.5, 0.6) is 0 Å². The van der Waals surface area contributed by atoms with Gasteiger partial charge < -0.3 is 0 Å². The average Bonchev–Trinajstić information content (AvgIpc) is 2.72. The van der Waals surface area contributed by atoms with Crippen molar-refractivity contribution in [3.05, 3.63) is 54.2 Å². The van der Waals surface area contributed by atoms with Gasteiger partial charge in [-0.05, 0) is 24.6 Å². The van der Waals surface area contributed by atoms with Crippen LogP contribution in [-0.2, 0) is 0 Å². The molecule has 0 aliphatic carbocycles. The molecule has 0 radical (unpaired) electrons. The fourth-order valence-corrected chi connectivity index (χ4v) is 1.78. The van der Waals surface area contributed by atoms with Gasteiger partial charge in [0, 0.05) is 23.5 Å². The summed E-state index contributed by atoms with van der Waals surface area (Å²) >= 11 is 0. The molecule has 0 spiro atoms. The molecule has 0 fully saturated rings. The SMILES string of the molecule is Cc1cnn2cc(-c3ccc(F)cc3)cnc12. The summed E-state index contributed by atoms with van der Waals surface area (Å²) < 4.78 is 14.6. The summed E-state index contributed by atoms with van der Waals surface area (Å²) in [6.07, 6.45) is 5.44. The Kier molecular flexibility index (Phi) is 2.14. The van der Waals surface area contributed by atoms with Crippen molar-refractivity contribution in [2.75, 3.05) is 0 Å². The molecule has 0 N–H and O–H groups in total. The van der Waals surface area contributed by atoms with Gasteiger partial charge in [0.25, 0.3) is 0 Å². The molecule has 2 aromatic heterocycles. The summed E-state index contributed by atoms with van der Waals surface area (Å²) in [5.74, 6) is -0.238. The Morgan fingerprint density at radius 2 is 1.82 bits per heavy atom. The van der Waals surface area contributed by atoms with E-state index < -0.39 is 0 Å². The van der Waals surface area contributed by atoms with Crippen molar-refractivity contribution in [3.63, 3.8) is 0 Å². The van der Waals surface area contributed by atoms with Gasteiger partial charge in [0.05, 0.1) is 6.20 Å². The number of benzene rings is 1. The quantitative estimate of drug-likeness (QED) is 0.640. The number of aryl methyl sites for hydroxylation is 1. The molecule has 0 aliphatic heterocycles. The van der Waals surface area contributed by atoms with Gasteiger partial charge >= 0.3 is 0 Å². The highest BCUT2D eigenvalue weighted by Gasteiger charge is 2.03. The van der Waals surface area contributed by atoms with Gasteiger partial charge in [-0.25, -0.2) is 13.9 Å². The lowest BCUT2D eigenvalue weighted by molar-refractivity contribution is 0.628. The Morgan fingerprint density at radius 1 is 1.06 bits per heavy atom. The second kappa shape index (κ2) is 3.66. The van der Waals surface area contributed by atoms with Gasteiger partial charge in [-0.3, -0.25) is 0 Å². The lowest BCUT2D eigenvalue weighted by atomic mass is 10.1. The molecule has 0 amide bonds. The molecule has 0 unspecified atom stereocenters. The maximum Gasteiger partial charge on any atom is 0.157 e. The van der Waals surface area contributed by atoms with Crippen LogP contribution in [0.1, 0.15) is 5.56 Å². The molecule has 0 atom stereocenters. The minimum absolute atomic E-state index is 0.238. The van der Waals surface area contributed by atoms with E-state index in [1.807, 2.05) is 13.1 Å². The maximum atomic E-state index is 12.8. The molecule has 1 aromatic carbocycles. The van der Waals surface area contributed by atoms with Crippen LogP contribution in [0.2, 0.25) is 0 Å². The van der Waals surface area contributed by atoms with E-state index in [-0.39, 0.29) is 5.82 Å². The third-order valence-electron chi connectivity index (χ3n) is 2.71. The number of fused-ring (bicyclic) bond motifs is 1. The Hall–Kier alpha value is -2.23. The van der Waals surface area contributed by atoms with Crippen molar-refractivity contribution in [3.8, 4) is 11.1 Å². The Balaban J connectivity index is 2.14. The van der Waals surface area contributed by atoms with E-state index in [0.29, 0.717) is 0 Å². The van der Waals surface area contributed by atoms with Crippen molar-refractivity contribution >= 4 is 5.65 Å². The fraction of sp³-hybridized carbons (Fsp3) is 0.0769. The largest absolute Gasteiger partial charge is 0.236 e. The Morgan fingerprint density at radius 3 is 2.59 bits per heavy atom. The monoisotopic (exact) mass is 227 g/mol. The average molecular weight is 227 g/mol. The van der Waals surface area contributed by atoms with Crippen LogP contribution in [0.3, 0.4) is 0 Å². The van der Waals surface area contributed by atoms with Crippen LogP contribution >= 0.6 is 0 Å². The number of halogens is 1. The molecule has 0 saturated heterocycles. The first-order valence-corrected chi connectivity index (χ1v) is 5.30. The summed E-state index contributed by atoms with van der Waals surface area (Å²) in [6, 6.07) is 6.34. The van der Waals surface area contributed by atoms with Crippen LogP contribution in [0, 0.1) is 12.7 Å².